The molecule has 0 heterocycles. The van der Waals surface area contributed by atoms with Gasteiger partial charge in [-0.2, -0.15) is 4.31 Å². The van der Waals surface area contributed by atoms with Crippen LogP contribution < -0.4 is 0 Å². The van der Waals surface area contributed by atoms with Crippen molar-refractivity contribution in [3.63, 3.8) is 0 Å². The van der Waals surface area contributed by atoms with Gasteiger partial charge in [-0.05, 0) is 12.5 Å². The molecule has 3 atom stereocenters. The minimum Gasteiger partial charge on any atom is -0.326 e. The molecule has 0 radical (unpaired) electrons. The quantitative estimate of drug-likeness (QED) is 0.366. The second kappa shape index (κ2) is 7.07. The first-order valence-electron chi connectivity index (χ1n) is 4.22. The lowest BCUT2D eigenvalue weighted by atomic mass is 10.2. The molecule has 4 N–H and O–H groups in total. The summed E-state index contributed by atoms with van der Waals surface area (Å²) in [4.78, 5) is 34.1. The fourth-order valence-corrected chi connectivity index (χ4v) is 2.82. The lowest BCUT2D eigenvalue weighted by Gasteiger charge is -2.18. The van der Waals surface area contributed by atoms with E-state index in [0.29, 0.717) is 0 Å². The Balaban J connectivity index is 4.52. The van der Waals surface area contributed by atoms with Crippen LogP contribution in [0.15, 0.2) is 12.2 Å². The minimum atomic E-state index is -5.20. The summed E-state index contributed by atoms with van der Waals surface area (Å²) < 4.78 is 44.0. The standard InChI is InChI=1S/C5H13O10P3/c1-4(2)5(14-16(6)7)3-13-18(11,12)15-17(8,9)10/h5,16H,1,3H2,2H3,(H,6,7)(H,11,12)(H2,8,9,10). The van der Waals surface area contributed by atoms with Gasteiger partial charge < -0.3 is 24.1 Å². The molecular weight excluding hydrogens is 313 g/mol. The van der Waals surface area contributed by atoms with Crippen LogP contribution in [0.1, 0.15) is 6.92 Å². The van der Waals surface area contributed by atoms with Gasteiger partial charge in [0.25, 0.3) is 0 Å². The molecule has 10 nitrogen and oxygen atoms in total. The molecule has 0 aromatic rings. The molecule has 0 saturated carbocycles. The number of phosphoric ester groups is 1. The van der Waals surface area contributed by atoms with E-state index in [2.05, 4.69) is 19.9 Å². The van der Waals surface area contributed by atoms with E-state index in [1.165, 1.54) is 6.92 Å². The van der Waals surface area contributed by atoms with Crippen LogP contribution in [-0.2, 0) is 27.1 Å². The molecule has 0 saturated heterocycles. The Morgan fingerprint density at radius 2 is 1.89 bits per heavy atom. The maximum Gasteiger partial charge on any atom is 0.481 e. The summed E-state index contributed by atoms with van der Waals surface area (Å²) in [5.41, 5.74) is 0.207. The van der Waals surface area contributed by atoms with Crippen molar-refractivity contribution in [2.75, 3.05) is 6.61 Å². The third-order valence-corrected chi connectivity index (χ3v) is 4.03. The SMILES string of the molecule is C=C(C)C(COP(=O)(O)OP(=O)(O)O)O[PH](=O)O. The largest absolute Gasteiger partial charge is 0.481 e. The number of hydrogen-bond acceptors (Lipinski definition) is 6. The predicted octanol–water partition coefficient (Wildman–Crippen LogP) is 0.556. The highest BCUT2D eigenvalue weighted by atomic mass is 31.3. The third kappa shape index (κ3) is 9.13. The smallest absolute Gasteiger partial charge is 0.326 e. The van der Waals surface area contributed by atoms with Gasteiger partial charge in [0.05, 0.1) is 6.61 Å². The monoisotopic (exact) mass is 326 g/mol. The van der Waals surface area contributed by atoms with Crippen molar-refractivity contribution in [3.05, 3.63) is 12.2 Å². The van der Waals surface area contributed by atoms with Crippen molar-refractivity contribution >= 4 is 23.9 Å². The van der Waals surface area contributed by atoms with Crippen LogP contribution in [0.5, 0.6) is 0 Å². The van der Waals surface area contributed by atoms with Gasteiger partial charge in [-0.1, -0.05) is 6.58 Å². The van der Waals surface area contributed by atoms with Crippen LogP contribution in [-0.4, -0.2) is 32.3 Å². The van der Waals surface area contributed by atoms with Crippen molar-refractivity contribution in [1.29, 1.82) is 0 Å². The van der Waals surface area contributed by atoms with Crippen molar-refractivity contribution in [2.45, 2.75) is 13.0 Å². The first-order valence-corrected chi connectivity index (χ1v) is 8.51. The number of hydrogen-bond donors (Lipinski definition) is 4. The second-order valence-electron chi connectivity index (χ2n) is 3.06. The van der Waals surface area contributed by atoms with Crippen LogP contribution in [0.25, 0.3) is 0 Å². The molecule has 0 aliphatic carbocycles. The van der Waals surface area contributed by atoms with Crippen molar-refractivity contribution < 1.29 is 46.6 Å². The van der Waals surface area contributed by atoms with E-state index < -0.39 is 36.6 Å². The van der Waals surface area contributed by atoms with Gasteiger partial charge in [-0.25, -0.2) is 9.13 Å². The van der Waals surface area contributed by atoms with Crippen LogP contribution in [0.3, 0.4) is 0 Å². The molecule has 0 amide bonds. The first kappa shape index (κ1) is 18.1. The zero-order valence-corrected chi connectivity index (χ0v) is 11.9. The normalized spacial score (nSPS) is 18.9. The fourth-order valence-electron chi connectivity index (χ4n) is 0.718. The number of rotatable bonds is 8. The molecule has 3 unspecified atom stereocenters. The summed E-state index contributed by atoms with van der Waals surface area (Å²) in [6.45, 7) is 4.04. The van der Waals surface area contributed by atoms with Gasteiger partial charge >= 0.3 is 23.9 Å². The van der Waals surface area contributed by atoms with E-state index in [9.17, 15) is 13.7 Å². The lowest BCUT2D eigenvalue weighted by Crippen LogP contribution is -2.17. The van der Waals surface area contributed by atoms with Gasteiger partial charge in [0.2, 0.25) is 0 Å². The molecule has 18 heavy (non-hydrogen) atoms. The first-order chi connectivity index (χ1) is 7.93. The average molecular weight is 326 g/mol. The van der Waals surface area contributed by atoms with Gasteiger partial charge in [-0.15, -0.1) is 0 Å². The minimum absolute atomic E-state index is 0.207. The molecular formula is C5H13O10P3. The zero-order chi connectivity index (χ0) is 14.6. The highest BCUT2D eigenvalue weighted by Gasteiger charge is 2.33. The predicted molar refractivity (Wildman–Crippen MR) is 59.8 cm³/mol. The van der Waals surface area contributed by atoms with E-state index >= 15 is 0 Å². The highest BCUT2D eigenvalue weighted by molar-refractivity contribution is 7.60. The lowest BCUT2D eigenvalue weighted by molar-refractivity contribution is 0.114. The summed E-state index contributed by atoms with van der Waals surface area (Å²) in [5, 5.41) is 0. The van der Waals surface area contributed by atoms with Gasteiger partial charge in [-0.3, -0.25) is 9.09 Å². The summed E-state index contributed by atoms with van der Waals surface area (Å²) >= 11 is 0. The van der Waals surface area contributed by atoms with E-state index in [0.717, 1.165) is 0 Å². The molecule has 0 aliphatic heterocycles. The van der Waals surface area contributed by atoms with Gasteiger partial charge in [0.1, 0.15) is 6.10 Å². The Hall–Kier alpha value is 0.150. The van der Waals surface area contributed by atoms with E-state index in [1.807, 2.05) is 0 Å². The van der Waals surface area contributed by atoms with Crippen molar-refractivity contribution in [1.82, 2.24) is 0 Å². The third-order valence-electron chi connectivity index (χ3n) is 1.39. The Bertz CT molecular complexity index is 412. The molecule has 0 aromatic heterocycles. The Morgan fingerprint density at radius 3 is 2.22 bits per heavy atom. The molecule has 108 valence electrons. The molecule has 0 aromatic carbocycles. The molecule has 0 rings (SSSR count). The van der Waals surface area contributed by atoms with E-state index in [4.69, 9.17) is 19.6 Å². The molecule has 0 bridgehead atoms. The molecule has 0 fully saturated rings. The molecule has 0 spiro atoms. The summed E-state index contributed by atoms with van der Waals surface area (Å²) in [7, 11) is -13.5. The van der Waals surface area contributed by atoms with Crippen LogP contribution in [0.2, 0.25) is 0 Å². The van der Waals surface area contributed by atoms with Crippen molar-refractivity contribution in [3.8, 4) is 0 Å². The van der Waals surface area contributed by atoms with Gasteiger partial charge in [0, 0.05) is 0 Å². The van der Waals surface area contributed by atoms with Crippen molar-refractivity contribution in [2.24, 2.45) is 0 Å². The van der Waals surface area contributed by atoms with Crippen LogP contribution >= 0.6 is 23.9 Å². The molecule has 0 aliphatic rings. The Morgan fingerprint density at radius 1 is 1.39 bits per heavy atom. The maximum atomic E-state index is 11.0. The molecule has 13 heteroatoms. The Kier molecular flexibility index (Phi) is 7.13. The summed E-state index contributed by atoms with van der Waals surface area (Å²) in [6, 6.07) is 0. The second-order valence-corrected chi connectivity index (χ2v) is 6.65. The Labute approximate surface area is 103 Å². The summed E-state index contributed by atoms with van der Waals surface area (Å²) in [6.07, 6.45) is -1.19. The summed E-state index contributed by atoms with van der Waals surface area (Å²) in [5.74, 6) is 0. The van der Waals surface area contributed by atoms with Crippen LogP contribution in [0.4, 0.5) is 0 Å². The van der Waals surface area contributed by atoms with Crippen LogP contribution in [0, 0.1) is 0 Å². The number of phosphoric acid groups is 2. The maximum absolute atomic E-state index is 11.0. The topological polar surface area (TPSA) is 160 Å². The average Bonchev–Trinajstić information content (AvgIpc) is 2.07. The van der Waals surface area contributed by atoms with E-state index in [1.54, 1.807) is 0 Å². The fraction of sp³-hybridized carbons (Fsp3) is 0.600. The van der Waals surface area contributed by atoms with Gasteiger partial charge in [0.15, 0.2) is 0 Å². The zero-order valence-electron chi connectivity index (χ0n) is 9.12. The highest BCUT2D eigenvalue weighted by Crippen LogP contribution is 2.57. The van der Waals surface area contributed by atoms with E-state index in [-0.39, 0.29) is 5.57 Å².